The van der Waals surface area contributed by atoms with E-state index >= 15 is 0 Å². The molecule has 2 aliphatic rings. The van der Waals surface area contributed by atoms with Gasteiger partial charge in [0.1, 0.15) is 11.2 Å². The van der Waals surface area contributed by atoms with Crippen molar-refractivity contribution in [2.75, 3.05) is 5.73 Å². The second-order valence-electron chi connectivity index (χ2n) is 3.93. The van der Waals surface area contributed by atoms with Crippen molar-refractivity contribution >= 4 is 28.8 Å². The van der Waals surface area contributed by atoms with E-state index in [9.17, 15) is 4.79 Å². The van der Waals surface area contributed by atoms with Crippen LogP contribution in [0.5, 0.6) is 0 Å². The van der Waals surface area contributed by atoms with Crippen LogP contribution in [-0.2, 0) is 9.37 Å². The Morgan fingerprint density at radius 3 is 2.95 bits per heavy atom. The van der Waals surface area contributed by atoms with Gasteiger partial charge >= 0.3 is 0 Å². The summed E-state index contributed by atoms with van der Waals surface area (Å²) in [7, 11) is 0. The van der Waals surface area contributed by atoms with Gasteiger partial charge in [-0.25, -0.2) is 10.2 Å². The van der Waals surface area contributed by atoms with Gasteiger partial charge in [-0.15, -0.1) is 4.33 Å². The Morgan fingerprint density at radius 1 is 1.30 bits per heavy atom. The molecule has 0 radical (unpaired) electrons. The zero-order valence-corrected chi connectivity index (χ0v) is 10.7. The van der Waals surface area contributed by atoms with Crippen molar-refractivity contribution in [1.82, 2.24) is 4.98 Å². The summed E-state index contributed by atoms with van der Waals surface area (Å²) in [6, 6.07) is 7.82. The molecule has 1 aliphatic heterocycles. The Bertz CT molecular complexity index is 804. The predicted molar refractivity (Wildman–Crippen MR) is 72.0 cm³/mol. The fourth-order valence-electron chi connectivity index (χ4n) is 1.76. The maximum atomic E-state index is 11.5. The van der Waals surface area contributed by atoms with Crippen LogP contribution in [0.2, 0.25) is 0 Å². The fourth-order valence-corrected chi connectivity index (χ4v) is 2.15. The first-order valence-corrected chi connectivity index (χ1v) is 6.20. The van der Waals surface area contributed by atoms with E-state index in [1.807, 2.05) is 0 Å². The normalized spacial score (nSPS) is 11.2. The van der Waals surface area contributed by atoms with Crippen LogP contribution in [0.15, 0.2) is 44.4 Å². The van der Waals surface area contributed by atoms with Crippen molar-refractivity contribution in [2.24, 2.45) is 0 Å². The van der Waals surface area contributed by atoms with E-state index in [0.29, 0.717) is 27.4 Å². The zero-order chi connectivity index (χ0) is 14.1. The number of hydrogen-bond donors (Lipinski definition) is 2. The number of aromatic nitrogens is 1. The molecule has 102 valence electrons. The lowest BCUT2D eigenvalue weighted by Crippen LogP contribution is -2.08. The molecule has 3 N–H and O–H groups in total. The summed E-state index contributed by atoms with van der Waals surface area (Å²) >= 11 is 0.818. The SMILES string of the molecule is Nc1cc2nc3cc(SOOO)ccc3oc-2cc1=O. The van der Waals surface area contributed by atoms with Crippen molar-refractivity contribution in [3.63, 3.8) is 0 Å². The minimum absolute atomic E-state index is 0.113. The van der Waals surface area contributed by atoms with E-state index in [4.69, 9.17) is 15.4 Å². The minimum atomic E-state index is -0.303. The Labute approximate surface area is 116 Å². The lowest BCUT2D eigenvalue weighted by molar-refractivity contribution is -0.432. The highest BCUT2D eigenvalue weighted by Gasteiger charge is 2.12. The van der Waals surface area contributed by atoms with Crippen molar-refractivity contribution < 1.29 is 19.0 Å². The minimum Gasteiger partial charge on any atom is -0.453 e. The third-order valence-electron chi connectivity index (χ3n) is 2.64. The fraction of sp³-hybridized carbons (Fsp3) is 0. The van der Waals surface area contributed by atoms with Gasteiger partial charge in [-0.05, 0) is 24.3 Å². The third kappa shape index (κ3) is 2.32. The van der Waals surface area contributed by atoms with Crippen LogP contribution in [0.4, 0.5) is 5.69 Å². The highest BCUT2D eigenvalue weighted by Crippen LogP contribution is 2.28. The van der Waals surface area contributed by atoms with E-state index in [1.54, 1.807) is 18.2 Å². The Morgan fingerprint density at radius 2 is 2.15 bits per heavy atom. The highest BCUT2D eigenvalue weighted by molar-refractivity contribution is 7.94. The van der Waals surface area contributed by atoms with Crippen molar-refractivity contribution in [3.8, 4) is 11.5 Å². The number of nitrogen functional groups attached to an aromatic ring is 1. The van der Waals surface area contributed by atoms with E-state index in [2.05, 4.69) is 14.4 Å². The predicted octanol–water partition coefficient (Wildman–Crippen LogP) is 2.30. The zero-order valence-electron chi connectivity index (χ0n) is 9.90. The number of anilines is 1. The van der Waals surface area contributed by atoms with Crippen molar-refractivity contribution in [1.29, 1.82) is 0 Å². The van der Waals surface area contributed by atoms with Gasteiger partial charge in [0.05, 0.1) is 17.7 Å². The molecular weight excluding hydrogens is 284 g/mol. The summed E-state index contributed by atoms with van der Waals surface area (Å²) in [4.78, 5) is 16.5. The molecule has 0 unspecified atom stereocenters. The van der Waals surface area contributed by atoms with Crippen molar-refractivity contribution in [3.05, 3.63) is 40.6 Å². The first-order valence-electron chi connectivity index (χ1n) is 5.46. The second-order valence-corrected chi connectivity index (χ2v) is 4.70. The molecule has 1 aromatic carbocycles. The lowest BCUT2D eigenvalue weighted by atomic mass is 10.2. The summed E-state index contributed by atoms with van der Waals surface area (Å²) in [5.41, 5.74) is 6.92. The molecule has 0 saturated carbocycles. The Hall–Kier alpha value is -2.13. The average molecular weight is 292 g/mol. The summed E-state index contributed by atoms with van der Waals surface area (Å²) in [6.45, 7) is 0. The molecule has 20 heavy (non-hydrogen) atoms. The molecule has 3 rings (SSSR count). The van der Waals surface area contributed by atoms with Crippen LogP contribution < -0.4 is 11.2 Å². The molecule has 0 bridgehead atoms. The number of nitrogens with two attached hydrogens (primary N) is 1. The summed E-state index contributed by atoms with van der Waals surface area (Å²) in [5, 5.41) is 11.6. The van der Waals surface area contributed by atoms with Gasteiger partial charge in [-0.3, -0.25) is 4.79 Å². The van der Waals surface area contributed by atoms with E-state index in [-0.39, 0.29) is 11.1 Å². The average Bonchev–Trinajstić information content (AvgIpc) is 2.44. The maximum Gasteiger partial charge on any atom is 0.205 e. The van der Waals surface area contributed by atoms with Crippen molar-refractivity contribution in [2.45, 2.75) is 4.90 Å². The Kier molecular flexibility index (Phi) is 3.28. The number of nitrogens with zero attached hydrogens (tertiary/aromatic N) is 1. The van der Waals surface area contributed by atoms with Crippen LogP contribution in [0.1, 0.15) is 0 Å². The highest BCUT2D eigenvalue weighted by atomic mass is 32.2. The molecule has 0 saturated heterocycles. The molecule has 0 aromatic heterocycles. The first-order chi connectivity index (χ1) is 9.67. The standard InChI is InChI=1S/C12H8N2O5S/c13-7-4-9-12(5-10(7)15)17-11-2-1-6(20-19-18-16)3-8(11)14-9/h1-5,16H,13H2. The van der Waals surface area contributed by atoms with Gasteiger partial charge in [-0.2, -0.15) is 0 Å². The smallest absolute Gasteiger partial charge is 0.205 e. The molecule has 8 heteroatoms. The van der Waals surface area contributed by atoms with Gasteiger partial charge in [0.15, 0.2) is 11.3 Å². The number of rotatable bonds is 3. The monoisotopic (exact) mass is 292 g/mol. The third-order valence-corrected chi connectivity index (χ3v) is 3.22. The van der Waals surface area contributed by atoms with Gasteiger partial charge in [-0.1, -0.05) is 5.04 Å². The number of benzene rings is 2. The van der Waals surface area contributed by atoms with Crippen LogP contribution in [0.25, 0.3) is 22.6 Å². The van der Waals surface area contributed by atoms with E-state index in [0.717, 1.165) is 12.0 Å². The van der Waals surface area contributed by atoms with Crippen LogP contribution in [0, 0.1) is 0 Å². The van der Waals surface area contributed by atoms with E-state index < -0.39 is 0 Å². The molecule has 0 spiro atoms. The van der Waals surface area contributed by atoms with Crippen LogP contribution in [0.3, 0.4) is 0 Å². The maximum absolute atomic E-state index is 11.5. The molecule has 0 fully saturated rings. The molecular formula is C12H8N2O5S. The molecule has 1 aromatic rings. The van der Waals surface area contributed by atoms with Gasteiger partial charge in [0.2, 0.25) is 5.43 Å². The first kappa shape index (κ1) is 12.9. The molecule has 1 heterocycles. The van der Waals surface area contributed by atoms with E-state index in [1.165, 1.54) is 12.1 Å². The quantitative estimate of drug-likeness (QED) is 0.249. The largest absolute Gasteiger partial charge is 0.453 e. The van der Waals surface area contributed by atoms with Crippen LogP contribution >= 0.6 is 12.0 Å². The van der Waals surface area contributed by atoms with Crippen LogP contribution in [-0.4, -0.2) is 10.2 Å². The topological polar surface area (TPSA) is 108 Å². The number of fused-ring (bicyclic) bond motifs is 2. The lowest BCUT2D eigenvalue weighted by Gasteiger charge is -2.07. The summed E-state index contributed by atoms with van der Waals surface area (Å²) < 4.78 is 9.94. The number of hydrogen-bond acceptors (Lipinski definition) is 8. The Balaban J connectivity index is 2.16. The summed E-state index contributed by atoms with van der Waals surface area (Å²) in [5.74, 6) is 0.368. The van der Waals surface area contributed by atoms with Gasteiger partial charge in [0.25, 0.3) is 0 Å². The summed E-state index contributed by atoms with van der Waals surface area (Å²) in [6.07, 6.45) is 0. The second kappa shape index (κ2) is 5.10. The van der Waals surface area contributed by atoms with Gasteiger partial charge < -0.3 is 10.2 Å². The molecule has 7 nitrogen and oxygen atoms in total. The molecule has 0 amide bonds. The van der Waals surface area contributed by atoms with Gasteiger partial charge in [0, 0.05) is 11.0 Å². The molecule has 0 atom stereocenters. The molecule has 1 aliphatic carbocycles.